The summed E-state index contributed by atoms with van der Waals surface area (Å²) in [5, 5.41) is 3.89. The van der Waals surface area contributed by atoms with Gasteiger partial charge in [0.15, 0.2) is 0 Å². The Morgan fingerprint density at radius 2 is 2.15 bits per heavy atom. The molecule has 0 aromatic carbocycles. The lowest BCUT2D eigenvalue weighted by Gasteiger charge is -2.02. The van der Waals surface area contributed by atoms with Crippen molar-refractivity contribution in [3.63, 3.8) is 0 Å². The molecule has 0 atom stereocenters. The molecule has 1 N–H and O–H groups in total. The highest BCUT2D eigenvalue weighted by molar-refractivity contribution is 7.98. The van der Waals surface area contributed by atoms with Gasteiger partial charge in [-0.05, 0) is 31.4 Å². The van der Waals surface area contributed by atoms with E-state index >= 15 is 0 Å². The van der Waals surface area contributed by atoms with Crippen LogP contribution in [0.1, 0.15) is 19.3 Å². The van der Waals surface area contributed by atoms with E-state index in [0.29, 0.717) is 11.6 Å². The van der Waals surface area contributed by atoms with Gasteiger partial charge in [0.2, 0.25) is 0 Å². The smallest absolute Gasteiger partial charge is 0.0431 e. The Labute approximate surface area is 95.2 Å². The van der Waals surface area contributed by atoms with Crippen LogP contribution < -0.4 is 5.32 Å². The molecule has 4 heteroatoms. The number of hydrogen-bond acceptors (Lipinski definition) is 2. The van der Waals surface area contributed by atoms with Crippen LogP contribution in [0.5, 0.6) is 0 Å². The van der Waals surface area contributed by atoms with Crippen molar-refractivity contribution in [1.29, 1.82) is 0 Å². The summed E-state index contributed by atoms with van der Waals surface area (Å²) in [7, 11) is 0. The molecule has 0 saturated carbocycles. The number of halogens is 2. The lowest BCUT2D eigenvalue weighted by atomic mass is 10.2. The highest BCUT2D eigenvalue weighted by atomic mass is 35.5. The maximum Gasteiger partial charge on any atom is 0.0431 e. The molecule has 1 nitrogen and oxygen atoms in total. The van der Waals surface area contributed by atoms with E-state index in [9.17, 15) is 0 Å². The molecule has 0 amide bonds. The molecule has 0 radical (unpaired) electrons. The van der Waals surface area contributed by atoms with Gasteiger partial charge in [-0.3, -0.25) is 0 Å². The van der Waals surface area contributed by atoms with E-state index in [0.717, 1.165) is 6.54 Å². The molecule has 0 aromatic rings. The Bertz CT molecular complexity index is 140. The van der Waals surface area contributed by atoms with Crippen molar-refractivity contribution >= 4 is 35.0 Å². The average Bonchev–Trinajstić information content (AvgIpc) is 2.16. The number of rotatable bonds is 8. The fourth-order valence-corrected chi connectivity index (χ4v) is 1.58. The normalized spacial score (nSPS) is 12.1. The van der Waals surface area contributed by atoms with Crippen molar-refractivity contribution < 1.29 is 0 Å². The van der Waals surface area contributed by atoms with Gasteiger partial charge >= 0.3 is 0 Å². The van der Waals surface area contributed by atoms with Crippen LogP contribution in [-0.4, -0.2) is 25.1 Å². The number of nitrogens with one attached hydrogen (secondary N) is 1. The zero-order valence-electron chi connectivity index (χ0n) is 7.98. The fourth-order valence-electron chi connectivity index (χ4n) is 0.920. The minimum Gasteiger partial charge on any atom is -0.312 e. The maximum atomic E-state index is 5.69. The molecule has 78 valence electrons. The monoisotopic (exact) mass is 241 g/mol. The summed E-state index contributed by atoms with van der Waals surface area (Å²) in [6.07, 6.45) is 5.95. The summed E-state index contributed by atoms with van der Waals surface area (Å²) in [5.41, 5.74) is 1.41. The van der Waals surface area contributed by atoms with Crippen molar-refractivity contribution in [2.45, 2.75) is 19.3 Å². The van der Waals surface area contributed by atoms with Gasteiger partial charge in [-0.15, -0.1) is 0 Å². The van der Waals surface area contributed by atoms with Crippen LogP contribution in [0, 0.1) is 0 Å². The van der Waals surface area contributed by atoms with Crippen LogP contribution in [0.15, 0.2) is 10.6 Å². The standard InChI is InChI=1S/C9H17Cl2NS/c1-13-6-4-2-3-5-12-8-9(11)7-10/h7,12H,2-6,8H2,1H3. The van der Waals surface area contributed by atoms with Gasteiger partial charge in [-0.25, -0.2) is 0 Å². The molecule has 0 aliphatic rings. The number of hydrogen-bond donors (Lipinski definition) is 1. The Hall–Kier alpha value is 0.630. The van der Waals surface area contributed by atoms with Crippen LogP contribution in [0.3, 0.4) is 0 Å². The second-order valence-electron chi connectivity index (χ2n) is 2.79. The summed E-state index contributed by atoms with van der Waals surface area (Å²) in [6, 6.07) is 0. The molecule has 0 saturated heterocycles. The van der Waals surface area contributed by atoms with E-state index < -0.39 is 0 Å². The first kappa shape index (κ1) is 13.6. The third-order valence-corrected chi connectivity index (χ3v) is 2.93. The highest BCUT2D eigenvalue weighted by Gasteiger charge is 1.91. The van der Waals surface area contributed by atoms with Crippen LogP contribution in [-0.2, 0) is 0 Å². The zero-order valence-corrected chi connectivity index (χ0v) is 10.3. The lowest BCUT2D eigenvalue weighted by Crippen LogP contribution is -2.16. The molecule has 0 heterocycles. The van der Waals surface area contributed by atoms with Crippen molar-refractivity contribution in [3.05, 3.63) is 10.6 Å². The van der Waals surface area contributed by atoms with Gasteiger partial charge in [0.05, 0.1) is 0 Å². The molecule has 0 unspecified atom stereocenters. The van der Waals surface area contributed by atoms with Crippen LogP contribution in [0.2, 0.25) is 0 Å². The van der Waals surface area contributed by atoms with Crippen molar-refractivity contribution in [2.24, 2.45) is 0 Å². The van der Waals surface area contributed by atoms with Crippen LogP contribution >= 0.6 is 35.0 Å². The molecule has 0 aliphatic heterocycles. The van der Waals surface area contributed by atoms with Crippen molar-refractivity contribution in [1.82, 2.24) is 5.32 Å². The molecule has 0 aromatic heterocycles. The predicted octanol–water partition coefficient (Wildman–Crippen LogP) is 3.43. The molecular weight excluding hydrogens is 225 g/mol. The van der Waals surface area contributed by atoms with E-state index in [1.165, 1.54) is 30.6 Å². The zero-order chi connectivity index (χ0) is 9.94. The van der Waals surface area contributed by atoms with Crippen molar-refractivity contribution in [2.75, 3.05) is 25.1 Å². The first-order valence-electron chi connectivity index (χ1n) is 4.45. The molecule has 0 fully saturated rings. The summed E-state index contributed by atoms with van der Waals surface area (Å²) >= 11 is 13.0. The van der Waals surface area contributed by atoms with Gasteiger partial charge in [-0.1, -0.05) is 29.6 Å². The Kier molecular flexibility index (Phi) is 11.2. The molecule has 0 aliphatic carbocycles. The SMILES string of the molecule is CSCCCCCNCC(Cl)=CCl. The Morgan fingerprint density at radius 1 is 1.38 bits per heavy atom. The second kappa shape index (κ2) is 10.7. The summed E-state index contributed by atoms with van der Waals surface area (Å²) in [6.45, 7) is 1.71. The largest absolute Gasteiger partial charge is 0.312 e. The predicted molar refractivity (Wildman–Crippen MR) is 64.9 cm³/mol. The number of thioether (sulfide) groups is 1. The van der Waals surface area contributed by atoms with Gasteiger partial charge in [0.1, 0.15) is 0 Å². The first-order valence-corrected chi connectivity index (χ1v) is 6.66. The van der Waals surface area contributed by atoms with E-state index in [2.05, 4.69) is 11.6 Å². The molecular formula is C9H17Cl2NS. The van der Waals surface area contributed by atoms with Crippen LogP contribution in [0.4, 0.5) is 0 Å². The quantitative estimate of drug-likeness (QED) is 0.654. The topological polar surface area (TPSA) is 12.0 Å². The minimum atomic E-state index is 0.672. The summed E-state index contributed by atoms with van der Waals surface area (Å²) in [4.78, 5) is 0. The number of unbranched alkanes of at least 4 members (excludes halogenated alkanes) is 2. The van der Waals surface area contributed by atoms with Gasteiger partial charge in [-0.2, -0.15) is 11.8 Å². The maximum absolute atomic E-state index is 5.69. The molecule has 0 rings (SSSR count). The van der Waals surface area contributed by atoms with E-state index in [4.69, 9.17) is 23.2 Å². The van der Waals surface area contributed by atoms with Crippen molar-refractivity contribution in [3.8, 4) is 0 Å². The summed E-state index contributed by atoms with van der Waals surface area (Å²) in [5.74, 6) is 1.27. The molecule has 0 spiro atoms. The van der Waals surface area contributed by atoms with Crippen LogP contribution in [0.25, 0.3) is 0 Å². The Balaban J connectivity index is 3.00. The molecule has 0 bridgehead atoms. The second-order valence-corrected chi connectivity index (χ2v) is 4.48. The van der Waals surface area contributed by atoms with E-state index in [1.54, 1.807) is 0 Å². The highest BCUT2D eigenvalue weighted by Crippen LogP contribution is 2.02. The summed E-state index contributed by atoms with van der Waals surface area (Å²) < 4.78 is 0. The minimum absolute atomic E-state index is 0.672. The average molecular weight is 242 g/mol. The lowest BCUT2D eigenvalue weighted by molar-refractivity contribution is 0.647. The van der Waals surface area contributed by atoms with Gasteiger partial charge in [0, 0.05) is 17.1 Å². The van der Waals surface area contributed by atoms with E-state index in [-0.39, 0.29) is 0 Å². The van der Waals surface area contributed by atoms with E-state index in [1.807, 2.05) is 11.8 Å². The fraction of sp³-hybridized carbons (Fsp3) is 0.778. The first-order chi connectivity index (χ1) is 6.31. The van der Waals surface area contributed by atoms with Gasteiger partial charge < -0.3 is 5.32 Å². The third-order valence-electron chi connectivity index (χ3n) is 1.61. The van der Waals surface area contributed by atoms with Gasteiger partial charge in [0.25, 0.3) is 0 Å². The molecule has 13 heavy (non-hydrogen) atoms. The Morgan fingerprint density at radius 3 is 2.77 bits per heavy atom. The third kappa shape index (κ3) is 10.6.